The summed E-state index contributed by atoms with van der Waals surface area (Å²) in [6, 6.07) is 8.28. The molecule has 0 saturated carbocycles. The third kappa shape index (κ3) is 3.21. The Morgan fingerprint density at radius 2 is 2.26 bits per heavy atom. The average Bonchev–Trinajstić information content (AvgIpc) is 2.85. The van der Waals surface area contributed by atoms with Crippen LogP contribution in [-0.2, 0) is 17.7 Å². The molecule has 0 bridgehead atoms. The van der Waals surface area contributed by atoms with E-state index < -0.39 is 0 Å². The quantitative estimate of drug-likeness (QED) is 0.825. The molecule has 0 saturated heterocycles. The molecule has 19 heavy (non-hydrogen) atoms. The molecule has 0 aliphatic heterocycles. The number of nitriles is 1. The maximum absolute atomic E-state index is 8.71. The van der Waals surface area contributed by atoms with E-state index in [-0.39, 0.29) is 0 Å². The highest BCUT2D eigenvalue weighted by Crippen LogP contribution is 2.23. The van der Waals surface area contributed by atoms with Crippen LogP contribution in [0.2, 0.25) is 0 Å². The number of ether oxygens (including phenoxy) is 1. The molecule has 0 atom stereocenters. The van der Waals surface area contributed by atoms with Crippen molar-refractivity contribution in [1.29, 1.82) is 5.26 Å². The van der Waals surface area contributed by atoms with Crippen molar-refractivity contribution in [3.63, 3.8) is 0 Å². The molecule has 0 aliphatic carbocycles. The number of benzene rings is 1. The van der Waals surface area contributed by atoms with E-state index in [9.17, 15) is 0 Å². The zero-order valence-corrected chi connectivity index (χ0v) is 11.3. The van der Waals surface area contributed by atoms with Crippen LogP contribution in [0.15, 0.2) is 30.6 Å². The van der Waals surface area contributed by atoms with E-state index in [0.29, 0.717) is 13.0 Å². The van der Waals surface area contributed by atoms with Crippen molar-refractivity contribution in [2.75, 3.05) is 13.7 Å². The van der Waals surface area contributed by atoms with Crippen LogP contribution in [0.4, 0.5) is 0 Å². The standard InChI is InChI=1S/C15H17N3O/c1-12-9-13(5-6-16)3-4-15(12)14-10-17-18(11-14)7-8-19-2/h3-4,9-11H,5,7-8H2,1-2H3. The summed E-state index contributed by atoms with van der Waals surface area (Å²) >= 11 is 0. The van der Waals surface area contributed by atoms with Crippen molar-refractivity contribution in [3.8, 4) is 17.2 Å². The van der Waals surface area contributed by atoms with Gasteiger partial charge in [-0.1, -0.05) is 18.2 Å². The van der Waals surface area contributed by atoms with E-state index in [1.54, 1.807) is 7.11 Å². The molecular weight excluding hydrogens is 238 g/mol. The highest BCUT2D eigenvalue weighted by Gasteiger charge is 2.06. The normalized spacial score (nSPS) is 10.4. The Balaban J connectivity index is 2.22. The summed E-state index contributed by atoms with van der Waals surface area (Å²) in [5.41, 5.74) is 4.47. The first-order chi connectivity index (χ1) is 9.24. The first-order valence-corrected chi connectivity index (χ1v) is 6.23. The summed E-state index contributed by atoms with van der Waals surface area (Å²) in [6.07, 6.45) is 4.33. The summed E-state index contributed by atoms with van der Waals surface area (Å²) in [5, 5.41) is 13.0. The third-order valence-corrected chi connectivity index (χ3v) is 3.04. The Bertz CT molecular complexity index is 596. The van der Waals surface area contributed by atoms with Gasteiger partial charge in [0.15, 0.2) is 0 Å². The summed E-state index contributed by atoms with van der Waals surface area (Å²) in [6.45, 7) is 3.46. The van der Waals surface area contributed by atoms with Crippen LogP contribution in [0, 0.1) is 18.3 Å². The van der Waals surface area contributed by atoms with Crippen molar-refractivity contribution in [3.05, 3.63) is 41.7 Å². The average molecular weight is 255 g/mol. The topological polar surface area (TPSA) is 50.8 Å². The summed E-state index contributed by atoms with van der Waals surface area (Å²) in [4.78, 5) is 0. The predicted molar refractivity (Wildman–Crippen MR) is 73.6 cm³/mol. The minimum absolute atomic E-state index is 0.453. The minimum Gasteiger partial charge on any atom is -0.383 e. The minimum atomic E-state index is 0.453. The zero-order valence-electron chi connectivity index (χ0n) is 11.3. The van der Waals surface area contributed by atoms with E-state index >= 15 is 0 Å². The number of hydrogen-bond donors (Lipinski definition) is 0. The van der Waals surface area contributed by atoms with Gasteiger partial charge in [0.25, 0.3) is 0 Å². The largest absolute Gasteiger partial charge is 0.383 e. The Kier molecular flexibility index (Phi) is 4.32. The molecule has 1 heterocycles. The van der Waals surface area contributed by atoms with E-state index in [1.807, 2.05) is 23.1 Å². The van der Waals surface area contributed by atoms with Crippen LogP contribution in [0.25, 0.3) is 11.1 Å². The smallest absolute Gasteiger partial charge is 0.0669 e. The van der Waals surface area contributed by atoms with Gasteiger partial charge in [-0.2, -0.15) is 10.4 Å². The molecule has 0 aliphatic rings. The van der Waals surface area contributed by atoms with E-state index in [0.717, 1.165) is 23.2 Å². The second-order valence-electron chi connectivity index (χ2n) is 4.47. The van der Waals surface area contributed by atoms with Gasteiger partial charge in [-0.3, -0.25) is 4.68 Å². The number of aryl methyl sites for hydroxylation is 1. The molecule has 2 aromatic rings. The SMILES string of the molecule is COCCn1cc(-c2ccc(CC#N)cc2C)cn1. The Hall–Kier alpha value is -2.12. The van der Waals surface area contributed by atoms with Gasteiger partial charge in [0, 0.05) is 18.9 Å². The lowest BCUT2D eigenvalue weighted by molar-refractivity contribution is 0.183. The molecule has 0 unspecified atom stereocenters. The molecule has 1 aromatic heterocycles. The number of rotatable bonds is 5. The predicted octanol–water partition coefficient (Wildman–Crippen LogP) is 2.57. The molecule has 0 fully saturated rings. The third-order valence-electron chi connectivity index (χ3n) is 3.04. The fourth-order valence-electron chi connectivity index (χ4n) is 2.06. The molecule has 4 heteroatoms. The fraction of sp³-hybridized carbons (Fsp3) is 0.333. The molecule has 0 amide bonds. The Labute approximate surface area is 113 Å². The number of aromatic nitrogens is 2. The van der Waals surface area contributed by atoms with E-state index in [4.69, 9.17) is 10.00 Å². The molecule has 2 rings (SSSR count). The van der Waals surface area contributed by atoms with Crippen LogP contribution in [0.3, 0.4) is 0 Å². The van der Waals surface area contributed by atoms with E-state index in [1.165, 1.54) is 5.56 Å². The van der Waals surface area contributed by atoms with Crippen LogP contribution < -0.4 is 0 Å². The number of nitrogens with zero attached hydrogens (tertiary/aromatic N) is 3. The lowest BCUT2D eigenvalue weighted by Gasteiger charge is -2.05. The van der Waals surface area contributed by atoms with Gasteiger partial charge in [0.2, 0.25) is 0 Å². The summed E-state index contributed by atoms with van der Waals surface area (Å²) in [7, 11) is 1.68. The lowest BCUT2D eigenvalue weighted by atomic mass is 10.00. The Morgan fingerprint density at radius 3 is 2.95 bits per heavy atom. The van der Waals surface area contributed by atoms with Crippen LogP contribution >= 0.6 is 0 Å². The van der Waals surface area contributed by atoms with Gasteiger partial charge < -0.3 is 4.74 Å². The van der Waals surface area contributed by atoms with Crippen molar-refractivity contribution in [1.82, 2.24) is 9.78 Å². The van der Waals surface area contributed by atoms with Gasteiger partial charge in [-0.15, -0.1) is 0 Å². The van der Waals surface area contributed by atoms with Gasteiger partial charge in [0.1, 0.15) is 0 Å². The second kappa shape index (κ2) is 6.17. The van der Waals surface area contributed by atoms with Crippen molar-refractivity contribution in [2.24, 2.45) is 0 Å². The number of methoxy groups -OCH3 is 1. The van der Waals surface area contributed by atoms with Crippen LogP contribution in [-0.4, -0.2) is 23.5 Å². The highest BCUT2D eigenvalue weighted by molar-refractivity contribution is 5.66. The first kappa shape index (κ1) is 13.3. The molecular formula is C15H17N3O. The monoisotopic (exact) mass is 255 g/mol. The molecule has 0 spiro atoms. The van der Waals surface area contributed by atoms with Crippen molar-refractivity contribution in [2.45, 2.75) is 19.9 Å². The lowest BCUT2D eigenvalue weighted by Crippen LogP contribution is -2.03. The molecule has 0 radical (unpaired) electrons. The van der Waals surface area contributed by atoms with Crippen LogP contribution in [0.1, 0.15) is 11.1 Å². The van der Waals surface area contributed by atoms with Gasteiger partial charge in [-0.05, 0) is 23.6 Å². The Morgan fingerprint density at radius 1 is 1.42 bits per heavy atom. The van der Waals surface area contributed by atoms with Crippen LogP contribution in [0.5, 0.6) is 0 Å². The summed E-state index contributed by atoms with van der Waals surface area (Å²) in [5.74, 6) is 0. The van der Waals surface area contributed by atoms with Gasteiger partial charge >= 0.3 is 0 Å². The second-order valence-corrected chi connectivity index (χ2v) is 4.47. The number of hydrogen-bond acceptors (Lipinski definition) is 3. The molecule has 0 N–H and O–H groups in total. The zero-order chi connectivity index (χ0) is 13.7. The first-order valence-electron chi connectivity index (χ1n) is 6.23. The molecule has 4 nitrogen and oxygen atoms in total. The van der Waals surface area contributed by atoms with Crippen molar-refractivity contribution >= 4 is 0 Å². The molecule has 1 aromatic carbocycles. The maximum atomic E-state index is 8.71. The van der Waals surface area contributed by atoms with Crippen molar-refractivity contribution < 1.29 is 4.74 Å². The fourth-order valence-corrected chi connectivity index (χ4v) is 2.06. The molecule has 98 valence electrons. The highest BCUT2D eigenvalue weighted by atomic mass is 16.5. The van der Waals surface area contributed by atoms with Gasteiger partial charge in [-0.25, -0.2) is 0 Å². The van der Waals surface area contributed by atoms with Gasteiger partial charge in [0.05, 0.1) is 31.8 Å². The summed E-state index contributed by atoms with van der Waals surface area (Å²) < 4.78 is 6.91. The van der Waals surface area contributed by atoms with E-state index in [2.05, 4.69) is 30.2 Å². The maximum Gasteiger partial charge on any atom is 0.0669 e.